The number of aliphatic hydroxyl groups is 2. The molecule has 0 heterocycles. The molecule has 0 amide bonds. The van der Waals surface area contributed by atoms with Gasteiger partial charge in [-0.05, 0) is 17.7 Å². The van der Waals surface area contributed by atoms with Gasteiger partial charge in [0.2, 0.25) is 0 Å². The quantitative estimate of drug-likeness (QED) is 0.473. The molecule has 0 spiro atoms. The number of benzene rings is 1. The van der Waals surface area contributed by atoms with Gasteiger partial charge in [-0.25, -0.2) is 0 Å². The first-order valence-electron chi connectivity index (χ1n) is 5.00. The van der Waals surface area contributed by atoms with Crippen LogP contribution in [0.4, 0.5) is 5.69 Å². The van der Waals surface area contributed by atoms with Crippen LogP contribution in [0.5, 0.6) is 0 Å². The number of hydrogen-bond donors (Lipinski definition) is 4. The van der Waals surface area contributed by atoms with Crippen LogP contribution in [0, 0.1) is 0 Å². The normalized spacial score (nSPS) is 15.3. The van der Waals surface area contributed by atoms with Gasteiger partial charge in [-0.2, -0.15) is 0 Å². The molecule has 0 aliphatic carbocycles. The Hall–Kier alpha value is -1.10. The number of nitrogens with two attached hydrogens (primary N) is 1. The molecular weight excluding hydrogens is 192 g/mol. The summed E-state index contributed by atoms with van der Waals surface area (Å²) in [4.78, 5) is 1.02. The van der Waals surface area contributed by atoms with Gasteiger partial charge in [0.15, 0.2) is 0 Å². The Balaban J connectivity index is 2.82. The minimum absolute atomic E-state index is 0.0477. The summed E-state index contributed by atoms with van der Waals surface area (Å²) in [6, 6.07) is 6.85. The fraction of sp³-hybridized carbons (Fsp3) is 0.455. The van der Waals surface area contributed by atoms with E-state index in [0.29, 0.717) is 5.69 Å². The minimum Gasteiger partial charge on any atom is -0.399 e. The molecule has 0 aliphatic heterocycles. The number of anilines is 1. The fourth-order valence-electron chi connectivity index (χ4n) is 1.52. The third-order valence-corrected chi connectivity index (χ3v) is 2.60. The van der Waals surface area contributed by atoms with Crippen LogP contribution in [-0.2, 0) is 0 Å². The molecule has 0 saturated carbocycles. The van der Waals surface area contributed by atoms with Gasteiger partial charge in [0.25, 0.3) is 0 Å². The molecule has 84 valence electrons. The molecule has 0 bridgehead atoms. The second-order valence-corrected chi connectivity index (χ2v) is 3.98. The van der Waals surface area contributed by atoms with Crippen LogP contribution in [0.1, 0.15) is 11.7 Å². The lowest BCUT2D eigenvalue weighted by Gasteiger charge is -2.24. The van der Waals surface area contributed by atoms with Crippen molar-refractivity contribution in [2.24, 2.45) is 0 Å². The van der Waals surface area contributed by atoms with Gasteiger partial charge in [-0.1, -0.05) is 12.1 Å². The first-order chi connectivity index (χ1) is 7.06. The predicted molar refractivity (Wildman–Crippen MR) is 59.5 cm³/mol. The third kappa shape index (κ3) is 2.92. The zero-order chi connectivity index (χ0) is 11.4. The van der Waals surface area contributed by atoms with Crippen molar-refractivity contribution >= 4 is 5.69 Å². The summed E-state index contributed by atoms with van der Waals surface area (Å²) in [6.07, 6.45) is -0.666. The van der Waals surface area contributed by atoms with Crippen LogP contribution in [-0.4, -0.2) is 37.0 Å². The average Bonchev–Trinajstić information content (AvgIpc) is 2.19. The Morgan fingerprint density at radius 2 is 1.80 bits per heavy atom. The van der Waals surface area contributed by atoms with Crippen LogP contribution >= 0.6 is 0 Å². The Bertz CT molecular complexity index is 298. The van der Waals surface area contributed by atoms with Gasteiger partial charge >= 0.3 is 0 Å². The molecule has 1 aromatic rings. The van der Waals surface area contributed by atoms with Gasteiger partial charge in [-0.3, -0.25) is 0 Å². The summed E-state index contributed by atoms with van der Waals surface area (Å²) in [5, 5.41) is 19.2. The Morgan fingerprint density at radius 1 is 1.27 bits per heavy atom. The average molecular weight is 211 g/mol. The van der Waals surface area contributed by atoms with Crippen LogP contribution in [0.25, 0.3) is 0 Å². The smallest absolute Gasteiger partial charge is 0.141 e. The molecule has 0 unspecified atom stereocenters. The van der Waals surface area contributed by atoms with Crippen molar-refractivity contribution in [2.45, 2.75) is 12.1 Å². The van der Waals surface area contributed by atoms with E-state index in [1.807, 2.05) is 14.1 Å². The molecule has 0 aliphatic rings. The van der Waals surface area contributed by atoms with Crippen LogP contribution in [0.3, 0.4) is 0 Å². The summed E-state index contributed by atoms with van der Waals surface area (Å²) in [6.45, 7) is -0.0477. The number of likely N-dealkylation sites (N-methyl/N-ethyl adjacent to an activating group) is 1. The molecule has 5 N–H and O–H groups in total. The second kappa shape index (κ2) is 5.11. The van der Waals surface area contributed by atoms with E-state index in [2.05, 4.69) is 0 Å². The van der Waals surface area contributed by atoms with Gasteiger partial charge in [-0.15, -0.1) is 0 Å². The number of hydrogen-bond acceptors (Lipinski definition) is 3. The van der Waals surface area contributed by atoms with E-state index in [0.717, 1.165) is 10.5 Å². The van der Waals surface area contributed by atoms with Crippen molar-refractivity contribution < 1.29 is 15.1 Å². The summed E-state index contributed by atoms with van der Waals surface area (Å²) in [5.74, 6) is 0. The van der Waals surface area contributed by atoms with Crippen LogP contribution in [0.15, 0.2) is 24.3 Å². The Labute approximate surface area is 89.9 Å². The van der Waals surface area contributed by atoms with Crippen LogP contribution < -0.4 is 10.6 Å². The van der Waals surface area contributed by atoms with Crippen molar-refractivity contribution in [2.75, 3.05) is 26.4 Å². The Morgan fingerprint density at radius 3 is 2.20 bits per heavy atom. The first-order valence-corrected chi connectivity index (χ1v) is 5.00. The number of nitrogen functional groups attached to an aromatic ring is 1. The predicted octanol–water partition coefficient (Wildman–Crippen LogP) is -1.19. The van der Waals surface area contributed by atoms with Crippen LogP contribution in [0.2, 0.25) is 0 Å². The molecule has 1 rings (SSSR count). The van der Waals surface area contributed by atoms with E-state index < -0.39 is 6.10 Å². The zero-order valence-electron chi connectivity index (χ0n) is 9.14. The van der Waals surface area contributed by atoms with E-state index in [9.17, 15) is 10.2 Å². The lowest BCUT2D eigenvalue weighted by atomic mass is 10.0. The minimum atomic E-state index is -0.666. The summed E-state index contributed by atoms with van der Waals surface area (Å²) in [5.41, 5.74) is 7.01. The zero-order valence-corrected chi connectivity index (χ0v) is 9.14. The van der Waals surface area contributed by atoms with Crippen molar-refractivity contribution in [3.63, 3.8) is 0 Å². The fourth-order valence-corrected chi connectivity index (χ4v) is 1.52. The summed E-state index contributed by atoms with van der Waals surface area (Å²) >= 11 is 0. The molecule has 2 atom stereocenters. The number of quaternary nitrogens is 1. The first kappa shape index (κ1) is 12.0. The van der Waals surface area contributed by atoms with E-state index in [1.165, 1.54) is 0 Å². The summed E-state index contributed by atoms with van der Waals surface area (Å²) in [7, 11) is 3.81. The van der Waals surface area contributed by atoms with Crippen molar-refractivity contribution in [1.29, 1.82) is 0 Å². The van der Waals surface area contributed by atoms with E-state index >= 15 is 0 Å². The molecule has 4 heteroatoms. The van der Waals surface area contributed by atoms with Gasteiger partial charge < -0.3 is 20.8 Å². The molecule has 15 heavy (non-hydrogen) atoms. The van der Waals surface area contributed by atoms with Crippen molar-refractivity contribution in [3.8, 4) is 0 Å². The maximum absolute atomic E-state index is 10.0. The van der Waals surface area contributed by atoms with E-state index in [-0.39, 0.29) is 12.6 Å². The van der Waals surface area contributed by atoms with E-state index in [1.54, 1.807) is 24.3 Å². The van der Waals surface area contributed by atoms with Crippen molar-refractivity contribution in [1.82, 2.24) is 0 Å². The SMILES string of the molecule is C[NH+](C)[C@@H](CO)[C@@H](O)c1ccc(N)cc1. The number of nitrogens with one attached hydrogen (secondary N) is 1. The highest BCUT2D eigenvalue weighted by Crippen LogP contribution is 2.16. The van der Waals surface area contributed by atoms with Gasteiger partial charge in [0, 0.05) is 5.69 Å². The highest BCUT2D eigenvalue weighted by Gasteiger charge is 2.25. The molecule has 0 saturated heterocycles. The van der Waals surface area contributed by atoms with Gasteiger partial charge in [0.1, 0.15) is 12.1 Å². The number of rotatable bonds is 4. The molecule has 4 nitrogen and oxygen atoms in total. The Kier molecular flexibility index (Phi) is 4.08. The lowest BCUT2D eigenvalue weighted by Crippen LogP contribution is -3.11. The largest absolute Gasteiger partial charge is 0.399 e. The van der Waals surface area contributed by atoms with Gasteiger partial charge in [0.05, 0.1) is 20.7 Å². The monoisotopic (exact) mass is 211 g/mol. The molecule has 0 fully saturated rings. The maximum Gasteiger partial charge on any atom is 0.141 e. The number of aliphatic hydroxyl groups excluding tert-OH is 2. The highest BCUT2D eigenvalue weighted by molar-refractivity contribution is 5.39. The van der Waals surface area contributed by atoms with Crippen molar-refractivity contribution in [3.05, 3.63) is 29.8 Å². The topological polar surface area (TPSA) is 70.9 Å². The maximum atomic E-state index is 10.0. The highest BCUT2D eigenvalue weighted by atomic mass is 16.3. The lowest BCUT2D eigenvalue weighted by molar-refractivity contribution is -0.891. The molecule has 0 aromatic heterocycles. The van der Waals surface area contributed by atoms with E-state index in [4.69, 9.17) is 5.73 Å². The summed E-state index contributed by atoms with van der Waals surface area (Å²) < 4.78 is 0. The molecule has 1 aromatic carbocycles. The molecule has 0 radical (unpaired) electrons. The third-order valence-electron chi connectivity index (χ3n) is 2.60. The second-order valence-electron chi connectivity index (χ2n) is 3.98. The standard InChI is InChI=1S/C11H18N2O2/c1-13(2)10(7-14)11(15)8-3-5-9(12)6-4-8/h3-6,10-11,14-15H,7,12H2,1-2H3/p+1/t10-,11-/m0/s1. The molecular formula is C11H19N2O2+.